The molecule has 34 heavy (non-hydrogen) atoms. The van der Waals surface area contributed by atoms with Crippen LogP contribution in [0.5, 0.6) is 5.75 Å². The molecule has 2 aromatic rings. The number of benzene rings is 1. The standard InChI is InChI=1S/C26H37ClN4O3/c1-20(2)31-22(7-9-28-31)17-29-10-4-8-26(18-29,16-25(32)30-11-13-33-14-12-30)19-34-23-5-6-24(27)21(3)15-23/h5-7,9,15,20H,4,8,10-14,16-19H2,1-3H3/t26-/m1/s1. The molecule has 1 atom stereocenters. The van der Waals surface area contributed by atoms with Crippen LogP contribution in [0.3, 0.4) is 0 Å². The van der Waals surface area contributed by atoms with Crippen LogP contribution in [-0.4, -0.2) is 71.5 Å². The van der Waals surface area contributed by atoms with E-state index in [4.69, 9.17) is 21.1 Å². The number of hydrogen-bond donors (Lipinski definition) is 0. The summed E-state index contributed by atoms with van der Waals surface area (Å²) in [6, 6.07) is 8.18. The zero-order valence-electron chi connectivity index (χ0n) is 20.6. The van der Waals surface area contributed by atoms with Crippen LogP contribution in [0.1, 0.15) is 50.4 Å². The van der Waals surface area contributed by atoms with Crippen molar-refractivity contribution in [1.29, 1.82) is 0 Å². The number of aryl methyl sites for hydroxylation is 1. The Hall–Kier alpha value is -2.09. The normalized spacial score (nSPS) is 21.7. The van der Waals surface area contributed by atoms with Gasteiger partial charge in [0.05, 0.1) is 25.5 Å². The maximum atomic E-state index is 13.3. The first kappa shape index (κ1) is 25.0. The second kappa shape index (κ2) is 11.1. The molecule has 0 aliphatic carbocycles. The van der Waals surface area contributed by atoms with E-state index in [1.165, 1.54) is 5.69 Å². The highest BCUT2D eigenvalue weighted by Gasteiger charge is 2.40. The number of piperidine rings is 1. The van der Waals surface area contributed by atoms with E-state index >= 15 is 0 Å². The van der Waals surface area contributed by atoms with Gasteiger partial charge in [0.25, 0.3) is 0 Å². The predicted molar refractivity (Wildman–Crippen MR) is 133 cm³/mol. The van der Waals surface area contributed by atoms with Crippen LogP contribution in [-0.2, 0) is 16.1 Å². The lowest BCUT2D eigenvalue weighted by Gasteiger charge is -2.43. The van der Waals surface area contributed by atoms with Crippen LogP contribution in [0.4, 0.5) is 0 Å². The quantitative estimate of drug-likeness (QED) is 0.553. The van der Waals surface area contributed by atoms with Crippen LogP contribution in [0, 0.1) is 12.3 Å². The van der Waals surface area contributed by atoms with Crippen LogP contribution >= 0.6 is 11.6 Å². The number of ether oxygens (including phenoxy) is 2. The Morgan fingerprint density at radius 3 is 2.76 bits per heavy atom. The van der Waals surface area contributed by atoms with Crippen molar-refractivity contribution in [3.05, 3.63) is 46.7 Å². The molecule has 8 heteroatoms. The molecule has 0 bridgehead atoms. The van der Waals surface area contributed by atoms with Gasteiger partial charge in [-0.15, -0.1) is 0 Å². The van der Waals surface area contributed by atoms with Crippen molar-refractivity contribution < 1.29 is 14.3 Å². The van der Waals surface area contributed by atoms with E-state index in [1.54, 1.807) is 0 Å². The molecule has 7 nitrogen and oxygen atoms in total. The summed E-state index contributed by atoms with van der Waals surface area (Å²) in [5.74, 6) is 1.00. The first-order chi connectivity index (χ1) is 16.3. The Morgan fingerprint density at radius 1 is 1.24 bits per heavy atom. The largest absolute Gasteiger partial charge is 0.493 e. The minimum absolute atomic E-state index is 0.202. The highest BCUT2D eigenvalue weighted by atomic mass is 35.5. The molecule has 0 unspecified atom stereocenters. The van der Waals surface area contributed by atoms with Gasteiger partial charge < -0.3 is 14.4 Å². The molecule has 2 aliphatic heterocycles. The second-order valence-electron chi connectivity index (χ2n) is 10.0. The number of carbonyl (C=O) groups excluding carboxylic acids is 1. The Bertz CT molecular complexity index is 973. The number of halogens is 1. The molecule has 2 fully saturated rings. The van der Waals surface area contributed by atoms with E-state index in [0.717, 1.165) is 48.8 Å². The van der Waals surface area contributed by atoms with E-state index in [1.807, 2.05) is 36.2 Å². The van der Waals surface area contributed by atoms with E-state index in [-0.39, 0.29) is 11.3 Å². The van der Waals surface area contributed by atoms with Crippen LogP contribution in [0.15, 0.2) is 30.5 Å². The van der Waals surface area contributed by atoms with Crippen LogP contribution in [0.2, 0.25) is 5.02 Å². The molecule has 1 aromatic heterocycles. The SMILES string of the molecule is Cc1cc(OC[C@@]2(CC(=O)N3CCOCC3)CCCN(Cc3ccnn3C(C)C)C2)ccc1Cl. The van der Waals surface area contributed by atoms with Crippen molar-refractivity contribution in [1.82, 2.24) is 19.6 Å². The van der Waals surface area contributed by atoms with Gasteiger partial charge in [0.1, 0.15) is 5.75 Å². The van der Waals surface area contributed by atoms with E-state index in [2.05, 4.69) is 34.6 Å². The predicted octanol–water partition coefficient (Wildman–Crippen LogP) is 4.34. The maximum absolute atomic E-state index is 13.3. The molecule has 186 valence electrons. The van der Waals surface area contributed by atoms with Gasteiger partial charge in [0, 0.05) is 55.3 Å². The molecule has 2 aliphatic rings. The van der Waals surface area contributed by atoms with Gasteiger partial charge in [-0.2, -0.15) is 5.10 Å². The number of aromatic nitrogens is 2. The summed E-state index contributed by atoms with van der Waals surface area (Å²) in [5.41, 5.74) is 1.95. The zero-order valence-corrected chi connectivity index (χ0v) is 21.4. The Morgan fingerprint density at radius 2 is 2.03 bits per heavy atom. The molecular formula is C26H37ClN4O3. The Kier molecular flexibility index (Phi) is 8.17. The third-order valence-corrected chi connectivity index (χ3v) is 7.36. The van der Waals surface area contributed by atoms with Crippen molar-refractivity contribution in [3.8, 4) is 5.75 Å². The van der Waals surface area contributed by atoms with Gasteiger partial charge >= 0.3 is 0 Å². The first-order valence-electron chi connectivity index (χ1n) is 12.3. The minimum Gasteiger partial charge on any atom is -0.493 e. The highest BCUT2D eigenvalue weighted by Crippen LogP contribution is 2.36. The Labute approximate surface area is 207 Å². The number of nitrogens with zero attached hydrogens (tertiary/aromatic N) is 4. The molecule has 0 saturated carbocycles. The monoisotopic (exact) mass is 488 g/mol. The van der Waals surface area contributed by atoms with Gasteiger partial charge in [-0.05, 0) is 70.0 Å². The summed E-state index contributed by atoms with van der Waals surface area (Å²) in [5, 5.41) is 5.23. The summed E-state index contributed by atoms with van der Waals surface area (Å²) < 4.78 is 13.9. The van der Waals surface area contributed by atoms with Crippen molar-refractivity contribution >= 4 is 17.5 Å². The molecule has 0 radical (unpaired) electrons. The lowest BCUT2D eigenvalue weighted by atomic mass is 9.77. The third-order valence-electron chi connectivity index (χ3n) is 6.93. The molecular weight excluding hydrogens is 452 g/mol. The van der Waals surface area contributed by atoms with Crippen molar-refractivity contribution in [3.63, 3.8) is 0 Å². The van der Waals surface area contributed by atoms with Crippen LogP contribution < -0.4 is 4.74 Å². The number of likely N-dealkylation sites (tertiary alicyclic amines) is 1. The zero-order chi connectivity index (χ0) is 24.1. The van der Waals surface area contributed by atoms with Gasteiger partial charge in [-0.25, -0.2) is 0 Å². The highest BCUT2D eigenvalue weighted by molar-refractivity contribution is 6.31. The fourth-order valence-corrected chi connectivity index (χ4v) is 5.23. The smallest absolute Gasteiger partial charge is 0.223 e. The molecule has 1 amide bonds. The lowest BCUT2D eigenvalue weighted by molar-refractivity contribution is -0.139. The molecule has 0 spiro atoms. The van der Waals surface area contributed by atoms with E-state index < -0.39 is 0 Å². The number of rotatable bonds is 8. The van der Waals surface area contributed by atoms with E-state index in [0.29, 0.717) is 45.4 Å². The number of hydrogen-bond acceptors (Lipinski definition) is 5. The molecule has 0 N–H and O–H groups in total. The molecule has 3 heterocycles. The van der Waals surface area contributed by atoms with Crippen molar-refractivity contribution in [2.45, 2.75) is 52.6 Å². The Balaban J connectivity index is 1.51. The number of amides is 1. The average Bonchev–Trinajstić information content (AvgIpc) is 3.29. The summed E-state index contributed by atoms with van der Waals surface area (Å²) in [6.07, 6.45) is 4.37. The fourth-order valence-electron chi connectivity index (χ4n) is 5.11. The molecule has 2 saturated heterocycles. The van der Waals surface area contributed by atoms with Crippen molar-refractivity contribution in [2.75, 3.05) is 46.0 Å². The summed E-state index contributed by atoms with van der Waals surface area (Å²) >= 11 is 6.20. The maximum Gasteiger partial charge on any atom is 0.223 e. The summed E-state index contributed by atoms with van der Waals surface area (Å²) in [6.45, 7) is 12.0. The first-order valence-corrected chi connectivity index (χ1v) is 12.7. The van der Waals surface area contributed by atoms with Crippen LogP contribution in [0.25, 0.3) is 0 Å². The minimum atomic E-state index is -0.246. The summed E-state index contributed by atoms with van der Waals surface area (Å²) in [7, 11) is 0. The molecule has 4 rings (SSSR count). The van der Waals surface area contributed by atoms with Gasteiger partial charge in [0.2, 0.25) is 5.91 Å². The molecule has 1 aromatic carbocycles. The third kappa shape index (κ3) is 6.12. The topological polar surface area (TPSA) is 59.8 Å². The lowest BCUT2D eigenvalue weighted by Crippen LogP contribution is -2.50. The van der Waals surface area contributed by atoms with Gasteiger partial charge in [0.15, 0.2) is 0 Å². The van der Waals surface area contributed by atoms with Gasteiger partial charge in [-0.1, -0.05) is 11.6 Å². The second-order valence-corrected chi connectivity index (χ2v) is 10.5. The average molecular weight is 489 g/mol. The number of morpholine rings is 1. The van der Waals surface area contributed by atoms with Crippen molar-refractivity contribution in [2.24, 2.45) is 5.41 Å². The van der Waals surface area contributed by atoms with Gasteiger partial charge in [-0.3, -0.25) is 14.4 Å². The summed E-state index contributed by atoms with van der Waals surface area (Å²) in [4.78, 5) is 17.7. The van der Waals surface area contributed by atoms with E-state index in [9.17, 15) is 4.79 Å². The fraction of sp³-hybridized carbons (Fsp3) is 0.615. The number of carbonyl (C=O) groups is 1.